The Morgan fingerprint density at radius 3 is 2.57 bits per heavy atom. The number of carbonyl (C=O) groups is 1. The summed E-state index contributed by atoms with van der Waals surface area (Å²) in [5.41, 5.74) is 0.837. The quantitative estimate of drug-likeness (QED) is 0.643. The van der Waals surface area contributed by atoms with Gasteiger partial charge in [0.2, 0.25) is 0 Å². The fraction of sp³-hybridized carbons (Fsp3) is 0.133. The predicted octanol–water partition coefficient (Wildman–Crippen LogP) is 3.32. The molecule has 2 rings (SSSR count). The van der Waals surface area contributed by atoms with E-state index in [0.29, 0.717) is 5.69 Å². The second kappa shape index (κ2) is 5.70. The van der Waals surface area contributed by atoms with Gasteiger partial charge in [-0.05, 0) is 36.8 Å². The summed E-state index contributed by atoms with van der Waals surface area (Å²) in [4.78, 5) is 23.9. The summed E-state index contributed by atoms with van der Waals surface area (Å²) in [5, 5.41) is 11.0. The molecule has 0 unspecified atom stereocenters. The van der Waals surface area contributed by atoms with E-state index < -0.39 is 22.3 Å². The third kappa shape index (κ3) is 3.05. The fourth-order valence-corrected chi connectivity index (χ4v) is 1.97. The molecule has 108 valence electrons. The largest absolute Gasteiger partial charge is 0.311 e. The van der Waals surface area contributed by atoms with Gasteiger partial charge >= 0.3 is 0 Å². The van der Waals surface area contributed by atoms with Crippen molar-refractivity contribution in [2.24, 2.45) is 0 Å². The molecule has 5 nitrogen and oxygen atoms in total. The summed E-state index contributed by atoms with van der Waals surface area (Å²) < 4.78 is 13.3. The molecule has 0 aromatic heterocycles. The molecular formula is C15H13FN2O3. The summed E-state index contributed by atoms with van der Waals surface area (Å²) in [6, 6.07) is 9.95. The van der Waals surface area contributed by atoms with Crippen LogP contribution in [0.3, 0.4) is 0 Å². The van der Waals surface area contributed by atoms with Gasteiger partial charge in [-0.25, -0.2) is 4.39 Å². The van der Waals surface area contributed by atoms with Gasteiger partial charge in [-0.15, -0.1) is 0 Å². The zero-order chi connectivity index (χ0) is 15.6. The number of nitrogens with zero attached hydrogens (tertiary/aromatic N) is 2. The van der Waals surface area contributed by atoms with E-state index in [2.05, 4.69) is 0 Å². The number of halogens is 1. The van der Waals surface area contributed by atoms with Crippen LogP contribution in [0.15, 0.2) is 42.5 Å². The number of hydrogen-bond acceptors (Lipinski definition) is 3. The van der Waals surface area contributed by atoms with Crippen molar-refractivity contribution in [1.82, 2.24) is 0 Å². The molecule has 2 aromatic rings. The maximum atomic E-state index is 13.3. The molecule has 0 N–H and O–H groups in total. The van der Waals surface area contributed by atoms with Crippen LogP contribution in [0.1, 0.15) is 15.9 Å². The van der Waals surface area contributed by atoms with Gasteiger partial charge in [0.1, 0.15) is 11.4 Å². The lowest BCUT2D eigenvalue weighted by Crippen LogP contribution is -2.27. The number of anilines is 1. The zero-order valence-electron chi connectivity index (χ0n) is 11.5. The number of benzene rings is 2. The predicted molar refractivity (Wildman–Crippen MR) is 77.0 cm³/mol. The molecule has 0 atom stereocenters. The zero-order valence-corrected chi connectivity index (χ0v) is 11.5. The number of rotatable bonds is 3. The Balaban J connectivity index is 2.44. The Bertz CT molecular complexity index is 716. The number of aryl methyl sites for hydroxylation is 1. The van der Waals surface area contributed by atoms with Crippen LogP contribution in [0, 0.1) is 22.9 Å². The molecule has 0 saturated heterocycles. The molecule has 0 aliphatic heterocycles. The first-order valence-corrected chi connectivity index (χ1v) is 6.19. The molecule has 0 fully saturated rings. The summed E-state index contributed by atoms with van der Waals surface area (Å²) in [5.74, 6) is -1.33. The van der Waals surface area contributed by atoms with Crippen LogP contribution in [0.5, 0.6) is 0 Å². The van der Waals surface area contributed by atoms with Crippen molar-refractivity contribution in [2.75, 3.05) is 11.9 Å². The van der Waals surface area contributed by atoms with E-state index in [1.165, 1.54) is 11.9 Å². The Morgan fingerprint density at radius 2 is 1.95 bits per heavy atom. The third-order valence-corrected chi connectivity index (χ3v) is 3.08. The number of hydrogen-bond donors (Lipinski definition) is 0. The fourth-order valence-electron chi connectivity index (χ4n) is 1.97. The molecule has 0 bridgehead atoms. The lowest BCUT2D eigenvalue weighted by molar-refractivity contribution is -0.385. The molecule has 6 heteroatoms. The highest BCUT2D eigenvalue weighted by molar-refractivity contribution is 6.08. The average molecular weight is 288 g/mol. The normalized spacial score (nSPS) is 10.2. The van der Waals surface area contributed by atoms with Crippen molar-refractivity contribution in [3.05, 3.63) is 69.5 Å². The first kappa shape index (κ1) is 14.6. The van der Waals surface area contributed by atoms with E-state index >= 15 is 0 Å². The van der Waals surface area contributed by atoms with Gasteiger partial charge in [-0.1, -0.05) is 12.1 Å². The molecule has 0 radical (unpaired) electrons. The van der Waals surface area contributed by atoms with Gasteiger partial charge in [-0.2, -0.15) is 0 Å². The molecule has 21 heavy (non-hydrogen) atoms. The van der Waals surface area contributed by atoms with Crippen LogP contribution in [-0.2, 0) is 0 Å². The Kier molecular flexibility index (Phi) is 3.98. The molecular weight excluding hydrogens is 275 g/mol. The van der Waals surface area contributed by atoms with E-state index in [1.54, 1.807) is 18.2 Å². The van der Waals surface area contributed by atoms with Crippen LogP contribution < -0.4 is 4.90 Å². The van der Waals surface area contributed by atoms with Crippen LogP contribution in [0.25, 0.3) is 0 Å². The smallest absolute Gasteiger partial charge is 0.282 e. The highest BCUT2D eigenvalue weighted by Crippen LogP contribution is 2.24. The highest BCUT2D eigenvalue weighted by atomic mass is 19.1. The average Bonchev–Trinajstić information content (AvgIpc) is 2.45. The molecule has 0 saturated carbocycles. The monoisotopic (exact) mass is 288 g/mol. The van der Waals surface area contributed by atoms with Crippen molar-refractivity contribution in [2.45, 2.75) is 6.92 Å². The minimum absolute atomic E-state index is 0.274. The SMILES string of the molecule is Cc1cccc(N(C)C(=O)c2cc(F)ccc2[N+](=O)[O-])c1. The van der Waals surface area contributed by atoms with E-state index in [0.717, 1.165) is 23.8 Å². The second-order valence-electron chi connectivity index (χ2n) is 4.62. The summed E-state index contributed by atoms with van der Waals surface area (Å²) in [6.07, 6.45) is 0. The lowest BCUT2D eigenvalue weighted by Gasteiger charge is -2.17. The van der Waals surface area contributed by atoms with Gasteiger partial charge in [0, 0.05) is 18.8 Å². The lowest BCUT2D eigenvalue weighted by atomic mass is 10.1. The summed E-state index contributed by atoms with van der Waals surface area (Å²) in [6.45, 7) is 1.87. The maximum Gasteiger partial charge on any atom is 0.282 e. The van der Waals surface area contributed by atoms with E-state index in [4.69, 9.17) is 0 Å². The first-order valence-electron chi connectivity index (χ1n) is 6.19. The van der Waals surface area contributed by atoms with Crippen molar-refractivity contribution < 1.29 is 14.1 Å². The minimum atomic E-state index is -0.698. The summed E-state index contributed by atoms with van der Waals surface area (Å²) in [7, 11) is 1.49. The van der Waals surface area contributed by atoms with Crippen molar-refractivity contribution >= 4 is 17.3 Å². The number of nitro groups is 1. The molecule has 0 aliphatic rings. The van der Waals surface area contributed by atoms with E-state index in [1.807, 2.05) is 13.0 Å². The van der Waals surface area contributed by atoms with Crippen molar-refractivity contribution in [3.8, 4) is 0 Å². The first-order chi connectivity index (χ1) is 9.90. The number of nitro benzene ring substituents is 1. The molecule has 0 heterocycles. The highest BCUT2D eigenvalue weighted by Gasteiger charge is 2.24. The summed E-state index contributed by atoms with van der Waals surface area (Å²) >= 11 is 0. The number of amides is 1. The number of carbonyl (C=O) groups excluding carboxylic acids is 1. The van der Waals surface area contributed by atoms with Crippen LogP contribution >= 0.6 is 0 Å². The van der Waals surface area contributed by atoms with E-state index in [-0.39, 0.29) is 5.56 Å². The second-order valence-corrected chi connectivity index (χ2v) is 4.62. The molecule has 0 spiro atoms. The van der Waals surface area contributed by atoms with E-state index in [9.17, 15) is 19.3 Å². The molecule has 0 aliphatic carbocycles. The third-order valence-electron chi connectivity index (χ3n) is 3.08. The minimum Gasteiger partial charge on any atom is -0.311 e. The van der Waals surface area contributed by atoms with Crippen LogP contribution in [0.4, 0.5) is 15.8 Å². The Morgan fingerprint density at radius 1 is 1.24 bits per heavy atom. The van der Waals surface area contributed by atoms with Crippen LogP contribution in [-0.4, -0.2) is 17.9 Å². The topological polar surface area (TPSA) is 63.5 Å². The van der Waals surface area contributed by atoms with Gasteiger partial charge < -0.3 is 4.90 Å². The van der Waals surface area contributed by atoms with Gasteiger partial charge in [0.15, 0.2) is 0 Å². The molecule has 2 aromatic carbocycles. The van der Waals surface area contributed by atoms with Crippen molar-refractivity contribution in [3.63, 3.8) is 0 Å². The van der Waals surface area contributed by atoms with Crippen molar-refractivity contribution in [1.29, 1.82) is 0 Å². The van der Waals surface area contributed by atoms with Crippen LogP contribution in [0.2, 0.25) is 0 Å². The van der Waals surface area contributed by atoms with Gasteiger partial charge in [0.25, 0.3) is 11.6 Å². The Hall–Kier alpha value is -2.76. The molecule has 1 amide bonds. The van der Waals surface area contributed by atoms with Gasteiger partial charge in [-0.3, -0.25) is 14.9 Å². The Labute approximate surface area is 120 Å². The standard InChI is InChI=1S/C15H13FN2O3/c1-10-4-3-5-12(8-10)17(2)15(19)13-9-11(16)6-7-14(13)18(20)21/h3-9H,1-2H3. The maximum absolute atomic E-state index is 13.3. The van der Waals surface area contributed by atoms with Gasteiger partial charge in [0.05, 0.1) is 4.92 Å².